The summed E-state index contributed by atoms with van der Waals surface area (Å²) < 4.78 is 1.00. The second kappa shape index (κ2) is 5.72. The molecule has 0 unspecified atom stereocenters. The lowest BCUT2D eigenvalue weighted by atomic mass is 10.1. The average Bonchev–Trinajstić information content (AvgIpc) is 2.42. The largest absolute Gasteiger partial charge is 0.355 e. The zero-order chi connectivity index (χ0) is 14.7. The zero-order valence-corrected chi connectivity index (χ0v) is 12.1. The van der Waals surface area contributed by atoms with E-state index in [0.29, 0.717) is 5.69 Å². The van der Waals surface area contributed by atoms with Gasteiger partial charge in [0, 0.05) is 21.9 Å². The summed E-state index contributed by atoms with van der Waals surface area (Å²) in [6.07, 6.45) is 0. The molecule has 0 aliphatic carbocycles. The maximum absolute atomic E-state index is 10.8. The van der Waals surface area contributed by atoms with Crippen LogP contribution in [0.25, 0.3) is 0 Å². The summed E-state index contributed by atoms with van der Waals surface area (Å²) in [5.74, 6) is 0. The molecule has 0 heterocycles. The van der Waals surface area contributed by atoms with E-state index in [1.165, 1.54) is 12.1 Å². The van der Waals surface area contributed by atoms with Crippen LogP contribution < -0.4 is 5.32 Å². The highest BCUT2D eigenvalue weighted by Gasteiger charge is 2.13. The summed E-state index contributed by atoms with van der Waals surface area (Å²) in [5.41, 5.74) is 2.40. The Hall–Kier alpha value is -2.39. The Bertz CT molecular complexity index is 723. The van der Waals surface area contributed by atoms with E-state index < -0.39 is 4.92 Å². The molecule has 2 rings (SSSR count). The van der Waals surface area contributed by atoms with Gasteiger partial charge < -0.3 is 5.32 Å². The van der Waals surface area contributed by atoms with Crippen LogP contribution in [0.4, 0.5) is 17.1 Å². The van der Waals surface area contributed by atoms with E-state index in [0.717, 1.165) is 15.7 Å². The Labute approximate surface area is 124 Å². The van der Waals surface area contributed by atoms with Gasteiger partial charge in [0.15, 0.2) is 0 Å². The number of anilines is 2. The van der Waals surface area contributed by atoms with Gasteiger partial charge in [0.25, 0.3) is 5.69 Å². The summed E-state index contributed by atoms with van der Waals surface area (Å²) in [4.78, 5) is 10.2. The van der Waals surface area contributed by atoms with E-state index in [-0.39, 0.29) is 11.3 Å². The van der Waals surface area contributed by atoms with Crippen LogP contribution >= 0.6 is 15.9 Å². The number of benzene rings is 2. The molecule has 6 heteroatoms. The summed E-state index contributed by atoms with van der Waals surface area (Å²) in [5, 5.41) is 22.8. The lowest BCUT2D eigenvalue weighted by Gasteiger charge is -2.08. The van der Waals surface area contributed by atoms with Crippen LogP contribution in [0, 0.1) is 28.4 Å². The third-order valence-corrected chi connectivity index (χ3v) is 3.65. The monoisotopic (exact) mass is 331 g/mol. The molecule has 0 aliphatic rings. The van der Waals surface area contributed by atoms with Crippen molar-refractivity contribution in [1.29, 1.82) is 5.26 Å². The van der Waals surface area contributed by atoms with Crippen LogP contribution in [0.2, 0.25) is 0 Å². The Balaban J connectivity index is 2.32. The third-order valence-electron chi connectivity index (χ3n) is 2.76. The first kappa shape index (κ1) is 14.0. The molecule has 2 aromatic carbocycles. The predicted molar refractivity (Wildman–Crippen MR) is 80.0 cm³/mol. The average molecular weight is 332 g/mol. The van der Waals surface area contributed by atoms with Crippen molar-refractivity contribution in [1.82, 2.24) is 0 Å². The van der Waals surface area contributed by atoms with Gasteiger partial charge in [-0.1, -0.05) is 15.9 Å². The van der Waals surface area contributed by atoms with Crippen molar-refractivity contribution in [2.24, 2.45) is 0 Å². The Kier molecular flexibility index (Phi) is 4.01. The van der Waals surface area contributed by atoms with Crippen LogP contribution in [-0.4, -0.2) is 4.92 Å². The van der Waals surface area contributed by atoms with Crippen LogP contribution in [0.5, 0.6) is 0 Å². The lowest BCUT2D eigenvalue weighted by Crippen LogP contribution is -1.95. The molecule has 100 valence electrons. The summed E-state index contributed by atoms with van der Waals surface area (Å²) in [6.45, 7) is 1.96. The zero-order valence-electron chi connectivity index (χ0n) is 10.6. The topological polar surface area (TPSA) is 79.0 Å². The fourth-order valence-corrected chi connectivity index (χ4v) is 2.00. The molecule has 0 saturated carbocycles. The van der Waals surface area contributed by atoms with E-state index in [2.05, 4.69) is 21.2 Å². The molecule has 0 fully saturated rings. The quantitative estimate of drug-likeness (QED) is 0.672. The molecule has 0 aliphatic heterocycles. The highest BCUT2D eigenvalue weighted by Crippen LogP contribution is 2.26. The van der Waals surface area contributed by atoms with Gasteiger partial charge in [-0.25, -0.2) is 0 Å². The molecule has 20 heavy (non-hydrogen) atoms. The number of nitro benzene ring substituents is 1. The number of nitriles is 1. The number of nitro groups is 1. The minimum Gasteiger partial charge on any atom is -0.355 e. The maximum atomic E-state index is 10.8. The van der Waals surface area contributed by atoms with Gasteiger partial charge in [0.2, 0.25) is 0 Å². The second-order valence-corrected chi connectivity index (χ2v) is 5.04. The van der Waals surface area contributed by atoms with Crippen molar-refractivity contribution in [3.05, 3.63) is 62.1 Å². The molecule has 0 radical (unpaired) electrons. The lowest BCUT2D eigenvalue weighted by molar-refractivity contribution is -0.385. The number of hydrogen-bond acceptors (Lipinski definition) is 4. The first-order valence-electron chi connectivity index (χ1n) is 5.73. The fraction of sp³-hybridized carbons (Fsp3) is 0.0714. The van der Waals surface area contributed by atoms with Gasteiger partial charge in [-0.3, -0.25) is 10.1 Å². The fourth-order valence-electron chi connectivity index (χ4n) is 1.75. The molecule has 5 nitrogen and oxygen atoms in total. The first-order chi connectivity index (χ1) is 9.51. The molecule has 0 bridgehead atoms. The Morgan fingerprint density at radius 1 is 1.25 bits per heavy atom. The molecular formula is C14H10BrN3O2. The van der Waals surface area contributed by atoms with Crippen molar-refractivity contribution in [3.63, 3.8) is 0 Å². The minimum absolute atomic E-state index is 0.0360. The minimum atomic E-state index is -0.563. The highest BCUT2D eigenvalue weighted by atomic mass is 79.9. The Morgan fingerprint density at radius 3 is 2.50 bits per heavy atom. The summed E-state index contributed by atoms with van der Waals surface area (Å²) >= 11 is 3.42. The smallest absolute Gasteiger partial charge is 0.287 e. The molecule has 0 saturated heterocycles. The number of halogens is 1. The first-order valence-corrected chi connectivity index (χ1v) is 6.52. The van der Waals surface area contributed by atoms with Crippen LogP contribution in [-0.2, 0) is 0 Å². The highest BCUT2D eigenvalue weighted by molar-refractivity contribution is 9.10. The SMILES string of the molecule is Cc1cc(Nc2ccc([N+](=O)[O-])c(C#N)c2)ccc1Br. The van der Waals surface area contributed by atoms with Crippen molar-refractivity contribution >= 4 is 33.0 Å². The molecule has 2 aromatic rings. The summed E-state index contributed by atoms with van der Waals surface area (Å²) in [6, 6.07) is 11.9. The maximum Gasteiger partial charge on any atom is 0.287 e. The van der Waals surface area contributed by atoms with Gasteiger partial charge in [-0.2, -0.15) is 5.26 Å². The van der Waals surface area contributed by atoms with Crippen LogP contribution in [0.1, 0.15) is 11.1 Å². The molecular weight excluding hydrogens is 322 g/mol. The molecule has 0 aromatic heterocycles. The van der Waals surface area contributed by atoms with Crippen LogP contribution in [0.15, 0.2) is 40.9 Å². The number of rotatable bonds is 3. The van der Waals surface area contributed by atoms with Crippen molar-refractivity contribution < 1.29 is 4.92 Å². The van der Waals surface area contributed by atoms with Gasteiger partial charge >= 0.3 is 0 Å². The third kappa shape index (κ3) is 2.95. The molecule has 0 spiro atoms. The van der Waals surface area contributed by atoms with Crippen molar-refractivity contribution in [3.8, 4) is 6.07 Å². The number of hydrogen-bond donors (Lipinski definition) is 1. The van der Waals surface area contributed by atoms with Gasteiger partial charge in [-0.15, -0.1) is 0 Å². The summed E-state index contributed by atoms with van der Waals surface area (Å²) in [7, 11) is 0. The van der Waals surface area contributed by atoms with Crippen molar-refractivity contribution in [2.45, 2.75) is 6.92 Å². The van der Waals surface area contributed by atoms with E-state index in [1.54, 1.807) is 6.07 Å². The molecule has 1 N–H and O–H groups in total. The number of nitrogens with one attached hydrogen (secondary N) is 1. The second-order valence-electron chi connectivity index (χ2n) is 4.19. The van der Waals surface area contributed by atoms with E-state index >= 15 is 0 Å². The number of aryl methyl sites for hydroxylation is 1. The van der Waals surface area contributed by atoms with Gasteiger partial charge in [0.05, 0.1) is 4.92 Å². The predicted octanol–water partition coefficient (Wildman–Crippen LogP) is 4.28. The van der Waals surface area contributed by atoms with Gasteiger partial charge in [-0.05, 0) is 42.8 Å². The van der Waals surface area contributed by atoms with E-state index in [4.69, 9.17) is 5.26 Å². The molecule has 0 amide bonds. The normalized spacial score (nSPS) is 9.85. The van der Waals surface area contributed by atoms with Crippen LogP contribution in [0.3, 0.4) is 0 Å². The number of nitrogens with zero attached hydrogens (tertiary/aromatic N) is 2. The Morgan fingerprint density at radius 2 is 1.90 bits per heavy atom. The van der Waals surface area contributed by atoms with Gasteiger partial charge in [0.1, 0.15) is 11.6 Å². The standard InChI is InChI=1S/C14H10BrN3O2/c1-9-6-11(2-4-13(9)15)17-12-3-5-14(18(19)20)10(7-12)8-16/h2-7,17H,1H3. The van der Waals surface area contributed by atoms with E-state index in [1.807, 2.05) is 31.2 Å². The van der Waals surface area contributed by atoms with E-state index in [9.17, 15) is 10.1 Å². The van der Waals surface area contributed by atoms with Crippen molar-refractivity contribution in [2.75, 3.05) is 5.32 Å². The molecule has 0 atom stereocenters.